The van der Waals surface area contributed by atoms with E-state index in [1.165, 1.54) is 0 Å². The first kappa shape index (κ1) is 15.7. The second-order valence-corrected chi connectivity index (χ2v) is 6.35. The lowest BCUT2D eigenvalue weighted by molar-refractivity contribution is 0.662. The summed E-state index contributed by atoms with van der Waals surface area (Å²) in [6, 6.07) is 1.83. The van der Waals surface area contributed by atoms with Crippen LogP contribution in [0.3, 0.4) is 0 Å². The summed E-state index contributed by atoms with van der Waals surface area (Å²) in [4.78, 5) is 17.3. The molecule has 0 amide bonds. The van der Waals surface area contributed by atoms with Gasteiger partial charge in [0.25, 0.3) is 0 Å². The first-order chi connectivity index (χ1) is 11.2. The van der Waals surface area contributed by atoms with E-state index in [1.807, 2.05) is 12.3 Å². The molecule has 7 heteroatoms. The molecule has 3 aromatic heterocycles. The van der Waals surface area contributed by atoms with E-state index in [-0.39, 0.29) is 0 Å². The lowest BCUT2D eigenvalue weighted by Gasteiger charge is -2.09. The number of rotatable bonds is 6. The molecule has 0 saturated carbocycles. The van der Waals surface area contributed by atoms with Gasteiger partial charge in [0.2, 0.25) is 0 Å². The van der Waals surface area contributed by atoms with E-state index in [0.717, 1.165) is 52.7 Å². The van der Waals surface area contributed by atoms with Gasteiger partial charge in [-0.2, -0.15) is 0 Å². The molecule has 3 rings (SSSR count). The molecular weight excluding hydrogens is 308 g/mol. The second-order valence-electron chi connectivity index (χ2n) is 5.29. The fraction of sp³-hybridized carbons (Fsp3) is 0.375. The van der Waals surface area contributed by atoms with E-state index >= 15 is 0 Å². The summed E-state index contributed by atoms with van der Waals surface area (Å²) in [6.07, 6.45) is 7.26. The molecule has 0 unspecified atom stereocenters. The van der Waals surface area contributed by atoms with Crippen molar-refractivity contribution >= 4 is 28.6 Å². The van der Waals surface area contributed by atoms with Gasteiger partial charge >= 0.3 is 0 Å². The number of aryl methyl sites for hydroxylation is 3. The van der Waals surface area contributed by atoms with E-state index in [9.17, 15) is 0 Å². The van der Waals surface area contributed by atoms with E-state index in [1.54, 1.807) is 24.2 Å². The average molecular weight is 328 g/mol. The molecule has 0 spiro atoms. The van der Waals surface area contributed by atoms with Crippen molar-refractivity contribution in [2.45, 2.75) is 38.4 Å². The normalized spacial score (nSPS) is 11.2. The van der Waals surface area contributed by atoms with Gasteiger partial charge in [0.15, 0.2) is 11.0 Å². The molecule has 0 aliphatic rings. The molecule has 0 bridgehead atoms. The largest absolute Gasteiger partial charge is 0.382 e. The van der Waals surface area contributed by atoms with Crippen LogP contribution in [0.2, 0.25) is 0 Å². The Kier molecular flexibility index (Phi) is 4.76. The Morgan fingerprint density at radius 2 is 2.00 bits per heavy atom. The number of fused-ring (bicyclic) bond motifs is 1. The monoisotopic (exact) mass is 328 g/mol. The number of pyridine rings is 1. The topological polar surface area (TPSA) is 82.5 Å². The second kappa shape index (κ2) is 6.95. The van der Waals surface area contributed by atoms with Crippen molar-refractivity contribution in [1.82, 2.24) is 24.5 Å². The minimum atomic E-state index is 0.506. The van der Waals surface area contributed by atoms with Gasteiger partial charge in [0, 0.05) is 37.3 Å². The molecule has 2 N–H and O–H groups in total. The molecule has 23 heavy (non-hydrogen) atoms. The molecule has 0 radical (unpaired) electrons. The molecule has 6 nitrogen and oxygen atoms in total. The van der Waals surface area contributed by atoms with Gasteiger partial charge in [-0.15, -0.1) is 0 Å². The number of nitrogen functional groups attached to an aromatic ring is 1. The van der Waals surface area contributed by atoms with Crippen molar-refractivity contribution in [2.75, 3.05) is 11.5 Å². The SMILES string of the molecule is CCc1nc2c(N)ncc(C)c2n1CCCSc1ncccn1. The minimum absolute atomic E-state index is 0.506. The highest BCUT2D eigenvalue weighted by molar-refractivity contribution is 7.99. The fourth-order valence-corrected chi connectivity index (χ4v) is 3.35. The Hall–Kier alpha value is -2.15. The van der Waals surface area contributed by atoms with Crippen LogP contribution >= 0.6 is 11.8 Å². The Morgan fingerprint density at radius 3 is 2.74 bits per heavy atom. The first-order valence-corrected chi connectivity index (χ1v) is 8.69. The smallest absolute Gasteiger partial charge is 0.187 e. The molecule has 0 aliphatic carbocycles. The standard InChI is InChI=1S/C16H20N6S/c1-3-12-21-13-14(11(2)10-20-15(13)17)22(12)8-5-9-23-16-18-6-4-7-19-16/h4,6-7,10H,3,5,8-9H2,1-2H3,(H2,17,20). The average Bonchev–Trinajstić information content (AvgIpc) is 2.96. The summed E-state index contributed by atoms with van der Waals surface area (Å²) >= 11 is 1.68. The van der Waals surface area contributed by atoms with Crippen LogP contribution in [0, 0.1) is 6.92 Å². The van der Waals surface area contributed by atoms with Crippen LogP contribution < -0.4 is 5.73 Å². The van der Waals surface area contributed by atoms with E-state index in [4.69, 9.17) is 5.73 Å². The maximum absolute atomic E-state index is 5.99. The highest BCUT2D eigenvalue weighted by Crippen LogP contribution is 2.24. The van der Waals surface area contributed by atoms with Crippen LogP contribution in [-0.4, -0.2) is 30.3 Å². The highest BCUT2D eigenvalue weighted by atomic mass is 32.2. The van der Waals surface area contributed by atoms with Crippen molar-refractivity contribution in [3.8, 4) is 0 Å². The van der Waals surface area contributed by atoms with Crippen LogP contribution in [-0.2, 0) is 13.0 Å². The Bertz CT molecular complexity index is 799. The summed E-state index contributed by atoms with van der Waals surface area (Å²) < 4.78 is 2.27. The number of nitrogens with two attached hydrogens (primary N) is 1. The third kappa shape index (κ3) is 3.29. The van der Waals surface area contributed by atoms with Gasteiger partial charge in [-0.1, -0.05) is 18.7 Å². The molecule has 0 aliphatic heterocycles. The summed E-state index contributed by atoms with van der Waals surface area (Å²) in [5.74, 6) is 2.53. The zero-order valence-corrected chi connectivity index (χ0v) is 14.2. The molecule has 3 aromatic rings. The zero-order chi connectivity index (χ0) is 16.2. The van der Waals surface area contributed by atoms with E-state index < -0.39 is 0 Å². The molecule has 0 fully saturated rings. The summed E-state index contributed by atoms with van der Waals surface area (Å²) in [6.45, 7) is 5.08. The Balaban J connectivity index is 1.75. The van der Waals surface area contributed by atoms with Crippen LogP contribution in [0.4, 0.5) is 5.82 Å². The van der Waals surface area contributed by atoms with Crippen LogP contribution in [0.5, 0.6) is 0 Å². The lowest BCUT2D eigenvalue weighted by atomic mass is 10.2. The number of anilines is 1. The van der Waals surface area contributed by atoms with Gasteiger partial charge in [-0.25, -0.2) is 19.9 Å². The summed E-state index contributed by atoms with van der Waals surface area (Å²) in [5, 5.41) is 0.823. The molecule has 0 atom stereocenters. The number of thioether (sulfide) groups is 1. The third-order valence-corrected chi connectivity index (χ3v) is 4.64. The van der Waals surface area contributed by atoms with E-state index in [2.05, 4.69) is 38.4 Å². The predicted octanol–water partition coefficient (Wildman–Crippen LogP) is 2.86. The molecule has 0 aromatic carbocycles. The minimum Gasteiger partial charge on any atom is -0.382 e. The van der Waals surface area contributed by atoms with E-state index in [0.29, 0.717) is 5.82 Å². The summed E-state index contributed by atoms with van der Waals surface area (Å²) in [7, 11) is 0. The fourth-order valence-electron chi connectivity index (χ4n) is 2.62. The van der Waals surface area contributed by atoms with Crippen LogP contribution in [0.15, 0.2) is 29.8 Å². The number of imidazole rings is 1. The predicted molar refractivity (Wildman–Crippen MR) is 93.4 cm³/mol. The van der Waals surface area contributed by atoms with Crippen molar-refractivity contribution < 1.29 is 0 Å². The Labute approximate surface area is 139 Å². The number of hydrogen-bond acceptors (Lipinski definition) is 6. The third-order valence-electron chi connectivity index (χ3n) is 3.68. The number of nitrogens with zero attached hydrogens (tertiary/aromatic N) is 5. The number of hydrogen-bond donors (Lipinski definition) is 1. The van der Waals surface area contributed by atoms with Gasteiger partial charge in [-0.3, -0.25) is 0 Å². The van der Waals surface area contributed by atoms with Gasteiger partial charge in [0.1, 0.15) is 11.3 Å². The molecule has 0 saturated heterocycles. The zero-order valence-electron chi connectivity index (χ0n) is 13.4. The van der Waals surface area contributed by atoms with Crippen molar-refractivity contribution in [1.29, 1.82) is 0 Å². The van der Waals surface area contributed by atoms with Crippen molar-refractivity contribution in [2.24, 2.45) is 0 Å². The Morgan fingerprint density at radius 1 is 1.22 bits per heavy atom. The van der Waals surface area contributed by atoms with Crippen molar-refractivity contribution in [3.05, 3.63) is 36.0 Å². The van der Waals surface area contributed by atoms with Gasteiger partial charge in [-0.05, 0) is 25.0 Å². The van der Waals surface area contributed by atoms with Gasteiger partial charge < -0.3 is 10.3 Å². The van der Waals surface area contributed by atoms with Crippen LogP contribution in [0.1, 0.15) is 24.7 Å². The number of aromatic nitrogens is 5. The first-order valence-electron chi connectivity index (χ1n) is 7.70. The summed E-state index contributed by atoms with van der Waals surface area (Å²) in [5.41, 5.74) is 9.02. The maximum Gasteiger partial charge on any atom is 0.187 e. The molecular formula is C16H20N6S. The quantitative estimate of drug-likeness (QED) is 0.425. The van der Waals surface area contributed by atoms with Crippen molar-refractivity contribution in [3.63, 3.8) is 0 Å². The maximum atomic E-state index is 5.99. The van der Waals surface area contributed by atoms with Gasteiger partial charge in [0.05, 0.1) is 5.52 Å². The van der Waals surface area contributed by atoms with Crippen LogP contribution in [0.25, 0.3) is 11.0 Å². The molecule has 3 heterocycles. The molecule has 120 valence electrons. The lowest BCUT2D eigenvalue weighted by Crippen LogP contribution is -2.05. The highest BCUT2D eigenvalue weighted by Gasteiger charge is 2.14.